The third-order valence-corrected chi connectivity index (χ3v) is 6.75. The molecule has 1 aromatic heterocycles. The van der Waals surface area contributed by atoms with E-state index in [4.69, 9.17) is 23.8 Å². The van der Waals surface area contributed by atoms with Gasteiger partial charge in [-0.2, -0.15) is 0 Å². The van der Waals surface area contributed by atoms with E-state index in [1.807, 2.05) is 37.5 Å². The number of carbonyl (C=O) groups excluding carboxylic acids is 2. The predicted molar refractivity (Wildman–Crippen MR) is 139 cm³/mol. The molecule has 1 fully saturated rings. The number of nitrogens with zero attached hydrogens (tertiary/aromatic N) is 2. The van der Waals surface area contributed by atoms with Gasteiger partial charge in [-0.05, 0) is 93.0 Å². The molecule has 0 saturated carbocycles. The molecule has 2 heterocycles. The van der Waals surface area contributed by atoms with Crippen LogP contribution in [0.3, 0.4) is 0 Å². The Morgan fingerprint density at radius 2 is 1.80 bits per heavy atom. The SMILES string of the molecule is Cc1ccc(N2C(=O)/C(=C/c3cc(C)n(-c4cccc(C(=O)O)c4C)c3C)C(=O)NC2=S)cc1Cl. The molecule has 9 heteroatoms. The molecule has 1 aliphatic rings. The van der Waals surface area contributed by atoms with Gasteiger partial charge in [0, 0.05) is 22.1 Å². The highest BCUT2D eigenvalue weighted by molar-refractivity contribution is 7.80. The summed E-state index contributed by atoms with van der Waals surface area (Å²) in [6, 6.07) is 12.0. The van der Waals surface area contributed by atoms with Gasteiger partial charge in [0.25, 0.3) is 11.8 Å². The van der Waals surface area contributed by atoms with Crippen LogP contribution in [0, 0.1) is 27.7 Å². The highest BCUT2D eigenvalue weighted by atomic mass is 35.5. The number of rotatable bonds is 4. The molecule has 2 N–H and O–H groups in total. The molecule has 35 heavy (non-hydrogen) atoms. The van der Waals surface area contributed by atoms with E-state index in [1.54, 1.807) is 37.3 Å². The smallest absolute Gasteiger partial charge is 0.336 e. The van der Waals surface area contributed by atoms with Crippen molar-refractivity contribution in [1.29, 1.82) is 0 Å². The van der Waals surface area contributed by atoms with Crippen molar-refractivity contribution in [2.75, 3.05) is 4.90 Å². The highest BCUT2D eigenvalue weighted by Crippen LogP contribution is 2.29. The molecular weight excluding hydrogens is 486 g/mol. The average Bonchev–Trinajstić information content (AvgIpc) is 3.06. The predicted octanol–water partition coefficient (Wildman–Crippen LogP) is 4.89. The maximum atomic E-state index is 13.4. The lowest BCUT2D eigenvalue weighted by molar-refractivity contribution is -0.122. The van der Waals surface area contributed by atoms with Gasteiger partial charge in [0.1, 0.15) is 5.57 Å². The summed E-state index contributed by atoms with van der Waals surface area (Å²) in [7, 11) is 0. The fraction of sp³-hybridized carbons (Fsp3) is 0.154. The third-order valence-electron chi connectivity index (χ3n) is 6.06. The Kier molecular flexibility index (Phi) is 6.36. The first kappa shape index (κ1) is 24.4. The molecule has 2 aromatic carbocycles. The Morgan fingerprint density at radius 1 is 1.09 bits per heavy atom. The number of thiocarbonyl (C=S) groups is 1. The second-order valence-electron chi connectivity index (χ2n) is 8.31. The Hall–Kier alpha value is -3.75. The van der Waals surface area contributed by atoms with Crippen LogP contribution in [0.1, 0.15) is 38.4 Å². The minimum absolute atomic E-state index is 0.0244. The van der Waals surface area contributed by atoms with E-state index in [2.05, 4.69) is 5.32 Å². The maximum absolute atomic E-state index is 13.4. The number of hydrogen-bond acceptors (Lipinski definition) is 4. The van der Waals surface area contributed by atoms with Gasteiger partial charge in [-0.15, -0.1) is 0 Å². The van der Waals surface area contributed by atoms with Crippen molar-refractivity contribution in [2.45, 2.75) is 27.7 Å². The van der Waals surface area contributed by atoms with Crippen molar-refractivity contribution >= 4 is 58.5 Å². The molecular formula is C26H22ClN3O4S. The number of carboxylic acid groups (broad SMARTS) is 1. The molecule has 0 spiro atoms. The number of halogens is 1. The largest absolute Gasteiger partial charge is 0.478 e. The topological polar surface area (TPSA) is 91.6 Å². The lowest BCUT2D eigenvalue weighted by Gasteiger charge is -2.29. The number of nitrogens with one attached hydrogen (secondary N) is 1. The molecule has 7 nitrogen and oxygen atoms in total. The highest BCUT2D eigenvalue weighted by Gasteiger charge is 2.35. The number of carboxylic acids is 1. The number of anilines is 1. The molecule has 0 aliphatic carbocycles. The minimum atomic E-state index is -1.01. The quantitative estimate of drug-likeness (QED) is 0.298. The number of aromatic nitrogens is 1. The Balaban J connectivity index is 1.80. The molecule has 0 atom stereocenters. The zero-order valence-electron chi connectivity index (χ0n) is 19.5. The number of benzene rings is 2. The third kappa shape index (κ3) is 4.26. The van der Waals surface area contributed by atoms with Crippen LogP contribution in [0.15, 0.2) is 48.0 Å². The fourth-order valence-corrected chi connectivity index (χ4v) is 4.63. The fourth-order valence-electron chi connectivity index (χ4n) is 4.17. The molecule has 0 radical (unpaired) electrons. The van der Waals surface area contributed by atoms with Crippen molar-refractivity contribution in [3.8, 4) is 5.69 Å². The first-order valence-corrected chi connectivity index (χ1v) is 11.5. The van der Waals surface area contributed by atoms with Crippen molar-refractivity contribution in [3.63, 3.8) is 0 Å². The van der Waals surface area contributed by atoms with Gasteiger partial charge in [0.15, 0.2) is 5.11 Å². The molecule has 178 valence electrons. The number of aromatic carboxylic acids is 1. The summed E-state index contributed by atoms with van der Waals surface area (Å²) < 4.78 is 1.90. The van der Waals surface area contributed by atoms with E-state index in [-0.39, 0.29) is 16.2 Å². The van der Waals surface area contributed by atoms with Gasteiger partial charge in [-0.25, -0.2) is 4.79 Å². The van der Waals surface area contributed by atoms with Crippen LogP contribution in [-0.4, -0.2) is 32.6 Å². The number of hydrogen-bond donors (Lipinski definition) is 2. The van der Waals surface area contributed by atoms with Crippen LogP contribution in [0.25, 0.3) is 11.8 Å². The average molecular weight is 508 g/mol. The molecule has 2 amide bonds. The molecule has 0 unspecified atom stereocenters. The van der Waals surface area contributed by atoms with Gasteiger partial charge >= 0.3 is 5.97 Å². The summed E-state index contributed by atoms with van der Waals surface area (Å²) in [4.78, 5) is 39.0. The second kappa shape index (κ2) is 9.13. The maximum Gasteiger partial charge on any atom is 0.336 e. The molecule has 1 saturated heterocycles. The minimum Gasteiger partial charge on any atom is -0.478 e. The normalized spacial score (nSPS) is 15.1. The summed E-state index contributed by atoms with van der Waals surface area (Å²) in [6.45, 7) is 7.32. The first-order chi connectivity index (χ1) is 16.5. The first-order valence-electron chi connectivity index (χ1n) is 10.7. The number of aryl methyl sites for hydroxylation is 2. The Labute approximate surface area is 212 Å². The summed E-state index contributed by atoms with van der Waals surface area (Å²) in [6.07, 6.45) is 1.53. The summed E-state index contributed by atoms with van der Waals surface area (Å²) >= 11 is 11.5. The number of carbonyl (C=O) groups is 3. The van der Waals surface area contributed by atoms with Crippen molar-refractivity contribution in [2.24, 2.45) is 0 Å². The molecule has 4 rings (SSSR count). The van der Waals surface area contributed by atoms with Gasteiger partial charge < -0.3 is 9.67 Å². The summed E-state index contributed by atoms with van der Waals surface area (Å²) in [5.41, 5.74) is 4.97. The lowest BCUT2D eigenvalue weighted by atomic mass is 10.1. The lowest BCUT2D eigenvalue weighted by Crippen LogP contribution is -2.54. The van der Waals surface area contributed by atoms with Crippen LogP contribution >= 0.6 is 23.8 Å². The van der Waals surface area contributed by atoms with E-state index in [1.165, 1.54) is 11.0 Å². The van der Waals surface area contributed by atoms with Crippen LogP contribution in [0.5, 0.6) is 0 Å². The van der Waals surface area contributed by atoms with Crippen LogP contribution in [0.4, 0.5) is 5.69 Å². The van der Waals surface area contributed by atoms with Gasteiger partial charge in [0.05, 0.1) is 11.3 Å². The van der Waals surface area contributed by atoms with E-state index < -0.39 is 17.8 Å². The summed E-state index contributed by atoms with van der Waals surface area (Å²) in [5.74, 6) is -2.17. The van der Waals surface area contributed by atoms with Gasteiger partial charge in [-0.3, -0.25) is 19.8 Å². The van der Waals surface area contributed by atoms with Gasteiger partial charge in [0.2, 0.25) is 0 Å². The van der Waals surface area contributed by atoms with Crippen molar-refractivity contribution < 1.29 is 19.5 Å². The standard InChI is InChI=1S/C26H22ClN3O4S/c1-13-8-9-18(12-21(13)27)30-24(32)20(23(31)28-26(30)35)11-17-10-14(2)29(16(17)4)22-7-5-6-19(15(22)3)25(33)34/h5-12H,1-4H3,(H,33,34)(H,28,31,35)/b20-11+. The van der Waals surface area contributed by atoms with E-state index in [9.17, 15) is 19.5 Å². The van der Waals surface area contributed by atoms with Gasteiger partial charge in [-0.1, -0.05) is 23.7 Å². The van der Waals surface area contributed by atoms with E-state index in [0.29, 0.717) is 27.5 Å². The van der Waals surface area contributed by atoms with E-state index >= 15 is 0 Å². The van der Waals surface area contributed by atoms with Crippen LogP contribution < -0.4 is 10.2 Å². The zero-order valence-corrected chi connectivity index (χ0v) is 21.0. The number of amides is 2. The van der Waals surface area contributed by atoms with Crippen LogP contribution in [0.2, 0.25) is 5.02 Å². The summed E-state index contributed by atoms with van der Waals surface area (Å²) in [5, 5.41) is 12.5. The van der Waals surface area contributed by atoms with Crippen molar-refractivity contribution in [3.05, 3.63) is 86.7 Å². The Bertz CT molecular complexity index is 1470. The van der Waals surface area contributed by atoms with Crippen molar-refractivity contribution in [1.82, 2.24) is 9.88 Å². The zero-order chi connectivity index (χ0) is 25.6. The van der Waals surface area contributed by atoms with E-state index in [0.717, 1.165) is 17.0 Å². The Morgan fingerprint density at radius 3 is 2.46 bits per heavy atom. The molecule has 3 aromatic rings. The monoisotopic (exact) mass is 507 g/mol. The molecule has 1 aliphatic heterocycles. The van der Waals surface area contributed by atoms with Crippen LogP contribution in [-0.2, 0) is 9.59 Å². The molecule has 0 bridgehead atoms. The second-order valence-corrected chi connectivity index (χ2v) is 9.10.